The topological polar surface area (TPSA) is 59.3 Å². The Morgan fingerprint density at radius 2 is 2.19 bits per heavy atom. The maximum Gasteiger partial charge on any atom is 0.244 e. The van der Waals surface area contributed by atoms with Crippen LogP contribution in [0.15, 0.2) is 59.2 Å². The van der Waals surface area contributed by atoms with E-state index in [1.54, 1.807) is 23.9 Å². The van der Waals surface area contributed by atoms with E-state index in [0.29, 0.717) is 0 Å². The van der Waals surface area contributed by atoms with Crippen LogP contribution in [0.4, 0.5) is 0 Å². The molecule has 0 saturated carbocycles. The van der Waals surface area contributed by atoms with Crippen molar-refractivity contribution >= 4 is 45.3 Å². The van der Waals surface area contributed by atoms with Crippen LogP contribution in [0, 0.1) is 0 Å². The predicted molar refractivity (Wildman–Crippen MR) is 110 cm³/mol. The number of rotatable bonds is 7. The van der Waals surface area contributed by atoms with Crippen LogP contribution >= 0.6 is 27.7 Å². The molecule has 0 fully saturated rings. The van der Waals surface area contributed by atoms with Gasteiger partial charge in [0.2, 0.25) is 5.91 Å². The van der Waals surface area contributed by atoms with E-state index in [1.807, 2.05) is 59.3 Å². The van der Waals surface area contributed by atoms with E-state index in [2.05, 4.69) is 31.4 Å². The molecule has 7 heteroatoms. The summed E-state index contributed by atoms with van der Waals surface area (Å²) in [5, 5.41) is 11.5. The number of hydrogen-bond donors (Lipinski definition) is 1. The van der Waals surface area contributed by atoms with Crippen LogP contribution in [0.25, 0.3) is 11.7 Å². The smallest absolute Gasteiger partial charge is 0.244 e. The molecular weight excluding hydrogens is 412 g/mol. The van der Waals surface area contributed by atoms with E-state index in [0.717, 1.165) is 33.7 Å². The fourth-order valence-electron chi connectivity index (χ4n) is 2.60. The van der Waals surface area contributed by atoms with Gasteiger partial charge < -0.3 is 5.32 Å². The standard InChI is InChI=1S/C19H19BrN4OS/c1-26-12-10-16(19-23-22-17-7-2-3-11-24(17)19)21-18(25)9-8-14-5-4-6-15(20)13-14/h2-9,11,13,16H,10,12H2,1H3,(H,21,25). The summed E-state index contributed by atoms with van der Waals surface area (Å²) in [5.41, 5.74) is 1.73. The summed E-state index contributed by atoms with van der Waals surface area (Å²) >= 11 is 5.17. The molecule has 0 aliphatic heterocycles. The van der Waals surface area contributed by atoms with Crippen LogP contribution in [-0.4, -0.2) is 32.5 Å². The fraction of sp³-hybridized carbons (Fsp3) is 0.211. The summed E-state index contributed by atoms with van der Waals surface area (Å²) in [6, 6.07) is 13.4. The third-order valence-corrected chi connectivity index (χ3v) is 4.99. The Morgan fingerprint density at radius 1 is 1.31 bits per heavy atom. The molecule has 5 nitrogen and oxygen atoms in total. The van der Waals surface area contributed by atoms with E-state index in [9.17, 15) is 4.79 Å². The Kier molecular flexibility index (Phi) is 6.46. The predicted octanol–water partition coefficient (Wildman–Crippen LogP) is 4.12. The SMILES string of the molecule is CSCCC(NC(=O)C=Cc1cccc(Br)c1)c1nnc2ccccn12. The molecule has 3 aromatic rings. The summed E-state index contributed by atoms with van der Waals surface area (Å²) in [6.07, 6.45) is 8.10. The Morgan fingerprint density at radius 3 is 3.00 bits per heavy atom. The Bertz CT molecular complexity index is 925. The number of hydrogen-bond acceptors (Lipinski definition) is 4. The molecule has 3 rings (SSSR count). The van der Waals surface area contributed by atoms with Crippen molar-refractivity contribution < 1.29 is 4.79 Å². The van der Waals surface area contributed by atoms with Crippen molar-refractivity contribution in [2.45, 2.75) is 12.5 Å². The zero-order valence-electron chi connectivity index (χ0n) is 14.3. The van der Waals surface area contributed by atoms with Crippen molar-refractivity contribution in [3.05, 3.63) is 70.6 Å². The van der Waals surface area contributed by atoms with Gasteiger partial charge in [-0.3, -0.25) is 9.20 Å². The zero-order chi connectivity index (χ0) is 18.4. The number of carbonyl (C=O) groups excluding carboxylic acids is 1. The van der Waals surface area contributed by atoms with E-state index in [-0.39, 0.29) is 11.9 Å². The number of thioether (sulfide) groups is 1. The normalized spacial score (nSPS) is 12.5. The van der Waals surface area contributed by atoms with Crippen LogP contribution in [-0.2, 0) is 4.79 Å². The highest BCUT2D eigenvalue weighted by Crippen LogP contribution is 2.18. The summed E-state index contributed by atoms with van der Waals surface area (Å²) < 4.78 is 2.90. The molecule has 134 valence electrons. The van der Waals surface area contributed by atoms with Gasteiger partial charge in [-0.2, -0.15) is 11.8 Å². The molecule has 0 aliphatic rings. The van der Waals surface area contributed by atoms with Crippen molar-refractivity contribution in [1.82, 2.24) is 19.9 Å². The second kappa shape index (κ2) is 9.00. The fourth-order valence-corrected chi connectivity index (χ4v) is 3.49. The third kappa shape index (κ3) is 4.74. The molecule has 1 aromatic carbocycles. The number of amides is 1. The zero-order valence-corrected chi connectivity index (χ0v) is 16.7. The average molecular weight is 431 g/mol. The number of halogens is 1. The van der Waals surface area contributed by atoms with Crippen molar-refractivity contribution in [1.29, 1.82) is 0 Å². The third-order valence-electron chi connectivity index (χ3n) is 3.85. The number of fused-ring (bicyclic) bond motifs is 1. The second-order valence-electron chi connectivity index (χ2n) is 5.72. The van der Waals surface area contributed by atoms with Crippen LogP contribution in [0.5, 0.6) is 0 Å². The monoisotopic (exact) mass is 430 g/mol. The van der Waals surface area contributed by atoms with Gasteiger partial charge in [0.15, 0.2) is 11.5 Å². The van der Waals surface area contributed by atoms with Gasteiger partial charge in [0.05, 0.1) is 6.04 Å². The first-order valence-electron chi connectivity index (χ1n) is 8.20. The molecular formula is C19H19BrN4OS. The number of nitrogens with one attached hydrogen (secondary N) is 1. The van der Waals surface area contributed by atoms with Gasteiger partial charge in [-0.05, 0) is 54.3 Å². The lowest BCUT2D eigenvalue weighted by Gasteiger charge is -2.16. The molecule has 0 bridgehead atoms. The molecule has 1 N–H and O–H groups in total. The molecule has 26 heavy (non-hydrogen) atoms. The first-order chi connectivity index (χ1) is 12.7. The highest BCUT2D eigenvalue weighted by molar-refractivity contribution is 9.10. The van der Waals surface area contributed by atoms with Crippen molar-refractivity contribution in [3.8, 4) is 0 Å². The highest BCUT2D eigenvalue weighted by Gasteiger charge is 2.19. The minimum Gasteiger partial charge on any atom is -0.342 e. The molecule has 0 spiro atoms. The van der Waals surface area contributed by atoms with E-state index >= 15 is 0 Å². The van der Waals surface area contributed by atoms with Gasteiger partial charge in [0, 0.05) is 16.7 Å². The largest absolute Gasteiger partial charge is 0.342 e. The minimum atomic E-state index is -0.195. The van der Waals surface area contributed by atoms with Crippen molar-refractivity contribution in [3.63, 3.8) is 0 Å². The minimum absolute atomic E-state index is 0.149. The lowest BCUT2D eigenvalue weighted by molar-refractivity contribution is -0.117. The second-order valence-corrected chi connectivity index (χ2v) is 7.62. The summed E-state index contributed by atoms with van der Waals surface area (Å²) in [6.45, 7) is 0. The van der Waals surface area contributed by atoms with Crippen LogP contribution < -0.4 is 5.32 Å². The molecule has 1 amide bonds. The first-order valence-corrected chi connectivity index (χ1v) is 10.4. The maximum absolute atomic E-state index is 12.4. The quantitative estimate of drug-likeness (QED) is 0.572. The summed E-state index contributed by atoms with van der Waals surface area (Å²) in [7, 11) is 0. The van der Waals surface area contributed by atoms with Gasteiger partial charge in [0.1, 0.15) is 0 Å². The lowest BCUT2D eigenvalue weighted by atomic mass is 10.2. The van der Waals surface area contributed by atoms with Gasteiger partial charge in [-0.1, -0.05) is 34.1 Å². The van der Waals surface area contributed by atoms with E-state index in [4.69, 9.17) is 0 Å². The van der Waals surface area contributed by atoms with Crippen molar-refractivity contribution in [2.75, 3.05) is 12.0 Å². The molecule has 0 saturated heterocycles. The summed E-state index contributed by atoms with van der Waals surface area (Å²) in [5.74, 6) is 1.52. The first kappa shape index (κ1) is 18.7. The van der Waals surface area contributed by atoms with Crippen LogP contribution in [0.3, 0.4) is 0 Å². The Hall–Kier alpha value is -2.12. The molecule has 2 aromatic heterocycles. The number of nitrogens with zero attached hydrogens (tertiary/aromatic N) is 3. The van der Waals surface area contributed by atoms with E-state index in [1.165, 1.54) is 0 Å². The lowest BCUT2D eigenvalue weighted by Crippen LogP contribution is -2.29. The van der Waals surface area contributed by atoms with Gasteiger partial charge in [-0.25, -0.2) is 0 Å². The Balaban J connectivity index is 1.77. The number of pyridine rings is 1. The van der Waals surface area contributed by atoms with Crippen molar-refractivity contribution in [2.24, 2.45) is 0 Å². The average Bonchev–Trinajstić information content (AvgIpc) is 3.07. The van der Waals surface area contributed by atoms with E-state index < -0.39 is 0 Å². The maximum atomic E-state index is 12.4. The molecule has 0 radical (unpaired) electrons. The number of benzene rings is 1. The highest BCUT2D eigenvalue weighted by atomic mass is 79.9. The molecule has 1 unspecified atom stereocenters. The van der Waals surface area contributed by atoms with Crippen LogP contribution in [0.1, 0.15) is 23.9 Å². The molecule has 2 heterocycles. The van der Waals surface area contributed by atoms with Gasteiger partial charge in [-0.15, -0.1) is 10.2 Å². The number of carbonyl (C=O) groups is 1. The van der Waals surface area contributed by atoms with Gasteiger partial charge in [0.25, 0.3) is 0 Å². The Labute approximate surface area is 165 Å². The molecule has 1 atom stereocenters. The van der Waals surface area contributed by atoms with Crippen LogP contribution in [0.2, 0.25) is 0 Å². The van der Waals surface area contributed by atoms with Gasteiger partial charge >= 0.3 is 0 Å². The summed E-state index contributed by atoms with van der Waals surface area (Å²) in [4.78, 5) is 12.4. The molecule has 0 aliphatic carbocycles. The number of aromatic nitrogens is 3.